The number of rotatable bonds is 7. The van der Waals surface area contributed by atoms with Gasteiger partial charge in [0.1, 0.15) is 4.21 Å². The molecule has 1 unspecified atom stereocenters. The standard InChI is InChI=1S/C24H25ClN4O4S2/c1-3-11-26-17-4-6-19-16(14-17)10-12-29(23(19)30)20-7-5-18(13-15(20)2)27-24(31)28-35(32,33)22-9-8-21(25)34-22/h4-10,12,14-15,26H,3,11,13H2,1-2H3,(H2,27,28,31). The van der Waals surface area contributed by atoms with E-state index < -0.39 is 16.1 Å². The summed E-state index contributed by atoms with van der Waals surface area (Å²) < 4.78 is 28.5. The highest BCUT2D eigenvalue weighted by Gasteiger charge is 2.23. The van der Waals surface area contributed by atoms with Crippen LogP contribution < -0.4 is 20.9 Å². The van der Waals surface area contributed by atoms with Gasteiger partial charge in [0.25, 0.3) is 15.6 Å². The molecule has 3 N–H and O–H groups in total. The third-order valence-corrected chi connectivity index (χ3v) is 8.62. The maximum absolute atomic E-state index is 13.2. The topological polar surface area (TPSA) is 109 Å². The van der Waals surface area contributed by atoms with Gasteiger partial charge in [-0.05, 0) is 66.8 Å². The Bertz CT molecular complexity index is 1510. The fraction of sp³-hybridized carbons (Fsp3) is 0.250. The molecule has 1 aliphatic rings. The Kier molecular flexibility index (Phi) is 7.34. The number of carbonyl (C=O) groups is 1. The number of nitrogens with zero attached hydrogens (tertiary/aromatic N) is 1. The van der Waals surface area contributed by atoms with E-state index in [0.717, 1.165) is 41.1 Å². The van der Waals surface area contributed by atoms with E-state index in [0.29, 0.717) is 21.8 Å². The lowest BCUT2D eigenvalue weighted by Gasteiger charge is -2.23. The van der Waals surface area contributed by atoms with Gasteiger partial charge in [-0.2, -0.15) is 0 Å². The lowest BCUT2D eigenvalue weighted by Crippen LogP contribution is -2.39. The molecule has 2 heterocycles. The van der Waals surface area contributed by atoms with Crippen molar-refractivity contribution in [1.82, 2.24) is 14.6 Å². The van der Waals surface area contributed by atoms with Crippen LogP contribution in [0.15, 0.2) is 69.4 Å². The van der Waals surface area contributed by atoms with Crippen molar-refractivity contribution in [2.75, 3.05) is 11.9 Å². The summed E-state index contributed by atoms with van der Waals surface area (Å²) >= 11 is 6.65. The maximum atomic E-state index is 13.2. The normalized spacial score (nSPS) is 15.9. The van der Waals surface area contributed by atoms with Gasteiger partial charge < -0.3 is 10.6 Å². The highest BCUT2D eigenvalue weighted by atomic mass is 35.5. The van der Waals surface area contributed by atoms with Crippen LogP contribution in [0.1, 0.15) is 26.7 Å². The summed E-state index contributed by atoms with van der Waals surface area (Å²) in [7, 11) is -4.01. The van der Waals surface area contributed by atoms with Crippen molar-refractivity contribution < 1.29 is 13.2 Å². The molecular weight excluding hydrogens is 508 g/mol. The van der Waals surface area contributed by atoms with Crippen LogP contribution in [-0.2, 0) is 10.0 Å². The number of halogens is 1. The molecule has 1 atom stereocenters. The lowest BCUT2D eigenvalue weighted by atomic mass is 9.96. The average molecular weight is 533 g/mol. The van der Waals surface area contributed by atoms with E-state index in [1.807, 2.05) is 35.9 Å². The van der Waals surface area contributed by atoms with E-state index >= 15 is 0 Å². The number of urea groups is 1. The van der Waals surface area contributed by atoms with Crippen LogP contribution >= 0.6 is 22.9 Å². The molecule has 0 radical (unpaired) electrons. The Morgan fingerprint density at radius 3 is 2.69 bits per heavy atom. The monoisotopic (exact) mass is 532 g/mol. The van der Waals surface area contributed by atoms with E-state index in [9.17, 15) is 18.0 Å². The number of aromatic nitrogens is 1. The van der Waals surface area contributed by atoms with Crippen molar-refractivity contribution >= 4 is 61.1 Å². The van der Waals surface area contributed by atoms with Gasteiger partial charge in [-0.15, -0.1) is 11.3 Å². The number of thiophene rings is 1. The molecule has 35 heavy (non-hydrogen) atoms. The highest BCUT2D eigenvalue weighted by molar-refractivity contribution is 7.92. The Labute approximate surface area is 212 Å². The first-order chi connectivity index (χ1) is 16.7. The SMILES string of the molecule is CCCNc1ccc2c(=O)n(C3=CC=C(NC(=O)NS(=O)(=O)c4ccc(Cl)s4)CC3C)ccc2c1. The molecule has 184 valence electrons. The van der Waals surface area contributed by atoms with Gasteiger partial charge in [0, 0.05) is 41.1 Å². The zero-order chi connectivity index (χ0) is 25.2. The molecule has 2 aromatic heterocycles. The van der Waals surface area contributed by atoms with Gasteiger partial charge in [0.05, 0.1) is 4.34 Å². The van der Waals surface area contributed by atoms with Gasteiger partial charge >= 0.3 is 6.03 Å². The van der Waals surface area contributed by atoms with Crippen LogP contribution in [0.3, 0.4) is 0 Å². The highest BCUT2D eigenvalue weighted by Crippen LogP contribution is 2.28. The first kappa shape index (κ1) is 25.0. The number of hydrogen-bond donors (Lipinski definition) is 3. The summed E-state index contributed by atoms with van der Waals surface area (Å²) in [5.41, 5.74) is 2.18. The summed E-state index contributed by atoms with van der Waals surface area (Å²) in [6, 6.07) is 9.54. The van der Waals surface area contributed by atoms with Gasteiger partial charge in [-0.25, -0.2) is 17.9 Å². The van der Waals surface area contributed by atoms with E-state index in [1.165, 1.54) is 12.1 Å². The van der Waals surface area contributed by atoms with Crippen LogP contribution in [0.25, 0.3) is 16.5 Å². The fourth-order valence-corrected chi connectivity index (χ4v) is 6.27. The summed E-state index contributed by atoms with van der Waals surface area (Å²) in [5.74, 6) is -0.0938. The Hall–Kier alpha value is -3.08. The molecule has 1 aliphatic carbocycles. The number of carbonyl (C=O) groups excluding carboxylic acids is 1. The molecule has 0 aliphatic heterocycles. The molecule has 0 spiro atoms. The van der Waals surface area contributed by atoms with E-state index in [2.05, 4.69) is 17.6 Å². The van der Waals surface area contributed by atoms with Gasteiger partial charge in [0.15, 0.2) is 0 Å². The van der Waals surface area contributed by atoms with Gasteiger partial charge in [0.2, 0.25) is 0 Å². The molecule has 8 nitrogen and oxygen atoms in total. The third-order valence-electron chi connectivity index (χ3n) is 5.56. The minimum Gasteiger partial charge on any atom is -0.385 e. The van der Waals surface area contributed by atoms with E-state index in [1.54, 1.807) is 22.9 Å². The third kappa shape index (κ3) is 5.61. The number of anilines is 1. The molecular formula is C24H25ClN4O4S2. The van der Waals surface area contributed by atoms with E-state index in [-0.39, 0.29) is 15.7 Å². The minimum atomic E-state index is -4.01. The largest absolute Gasteiger partial charge is 0.385 e. The zero-order valence-electron chi connectivity index (χ0n) is 19.2. The number of nitrogens with one attached hydrogen (secondary N) is 3. The Balaban J connectivity index is 1.52. The van der Waals surface area contributed by atoms with Crippen molar-refractivity contribution in [3.63, 3.8) is 0 Å². The van der Waals surface area contributed by atoms with Crippen LogP contribution in [0, 0.1) is 5.92 Å². The van der Waals surface area contributed by atoms with Gasteiger partial charge in [-0.3, -0.25) is 9.36 Å². The van der Waals surface area contributed by atoms with Crippen molar-refractivity contribution in [2.45, 2.75) is 30.9 Å². The molecule has 1 aromatic carbocycles. The number of allylic oxidation sites excluding steroid dienone is 4. The quantitative estimate of drug-likeness (QED) is 0.397. The van der Waals surface area contributed by atoms with Gasteiger partial charge in [-0.1, -0.05) is 25.4 Å². The molecule has 0 bridgehead atoms. The van der Waals surface area contributed by atoms with Crippen molar-refractivity contribution in [2.24, 2.45) is 5.92 Å². The maximum Gasteiger partial charge on any atom is 0.332 e. The fourth-order valence-electron chi connectivity index (χ4n) is 3.88. The van der Waals surface area contributed by atoms with Crippen LogP contribution in [0.2, 0.25) is 4.34 Å². The van der Waals surface area contributed by atoms with E-state index in [4.69, 9.17) is 11.6 Å². The van der Waals surface area contributed by atoms with Crippen molar-refractivity contribution in [3.8, 4) is 0 Å². The van der Waals surface area contributed by atoms with Crippen LogP contribution in [0.4, 0.5) is 10.5 Å². The predicted molar refractivity (Wildman–Crippen MR) is 141 cm³/mol. The molecule has 3 aromatic rings. The zero-order valence-corrected chi connectivity index (χ0v) is 21.6. The molecule has 4 rings (SSSR count). The number of sulfonamides is 1. The van der Waals surface area contributed by atoms with Crippen LogP contribution in [0.5, 0.6) is 0 Å². The summed E-state index contributed by atoms with van der Waals surface area (Å²) in [4.78, 5) is 25.5. The number of amides is 2. The Morgan fingerprint density at radius 1 is 1.20 bits per heavy atom. The molecule has 2 amide bonds. The lowest BCUT2D eigenvalue weighted by molar-refractivity contribution is 0.247. The molecule has 11 heteroatoms. The van der Waals surface area contributed by atoms with Crippen molar-refractivity contribution in [3.05, 3.63) is 75.1 Å². The second-order valence-corrected chi connectivity index (χ2v) is 11.9. The smallest absolute Gasteiger partial charge is 0.332 e. The van der Waals surface area contributed by atoms with Crippen molar-refractivity contribution in [1.29, 1.82) is 0 Å². The second-order valence-electron chi connectivity index (χ2n) is 8.23. The number of pyridine rings is 1. The summed E-state index contributed by atoms with van der Waals surface area (Å²) in [6.07, 6.45) is 6.64. The first-order valence-electron chi connectivity index (χ1n) is 11.1. The molecule has 0 saturated heterocycles. The summed E-state index contributed by atoms with van der Waals surface area (Å²) in [6.45, 7) is 4.90. The number of hydrogen-bond acceptors (Lipinski definition) is 6. The molecule has 0 saturated carbocycles. The predicted octanol–water partition coefficient (Wildman–Crippen LogP) is 4.99. The number of fused-ring (bicyclic) bond motifs is 1. The molecule has 0 fully saturated rings. The summed E-state index contributed by atoms with van der Waals surface area (Å²) in [5, 5.41) is 7.39. The first-order valence-corrected chi connectivity index (χ1v) is 13.7. The minimum absolute atomic E-state index is 0.0465. The Morgan fingerprint density at radius 2 is 2.00 bits per heavy atom. The number of benzene rings is 1. The average Bonchev–Trinajstić information content (AvgIpc) is 3.25. The second kappa shape index (κ2) is 10.3. The van der Waals surface area contributed by atoms with Crippen LogP contribution in [-0.4, -0.2) is 25.6 Å².